The van der Waals surface area contributed by atoms with Gasteiger partial charge in [-0.1, -0.05) is 79.6 Å². The molecule has 11 heteroatoms. The smallest absolute Gasteiger partial charge is 0.338 e. The minimum absolute atomic E-state index is 0.0963. The van der Waals surface area contributed by atoms with Crippen LogP contribution in [0.2, 0.25) is 0 Å². The Kier molecular flexibility index (Phi) is 7.61. The van der Waals surface area contributed by atoms with Gasteiger partial charge in [0.25, 0.3) is 5.56 Å². The molecular weight excluding hydrogens is 712 g/mol. The highest BCUT2D eigenvalue weighted by atomic mass is 79.9. The minimum atomic E-state index is -0.832. The van der Waals surface area contributed by atoms with Crippen molar-refractivity contribution in [1.82, 2.24) is 4.57 Å². The van der Waals surface area contributed by atoms with E-state index in [0.29, 0.717) is 43.6 Å². The van der Waals surface area contributed by atoms with Crippen LogP contribution in [0.3, 0.4) is 0 Å². The summed E-state index contributed by atoms with van der Waals surface area (Å²) >= 11 is 8.31. The second kappa shape index (κ2) is 11.7. The van der Waals surface area contributed by atoms with Crippen molar-refractivity contribution in [1.29, 1.82) is 0 Å². The first-order valence-electron chi connectivity index (χ1n) is 13.6. The highest BCUT2D eigenvalue weighted by molar-refractivity contribution is 9.11. The van der Waals surface area contributed by atoms with Crippen molar-refractivity contribution in [3.05, 3.63) is 130 Å². The van der Waals surface area contributed by atoms with E-state index in [4.69, 9.17) is 23.6 Å². The van der Waals surface area contributed by atoms with E-state index in [2.05, 4.69) is 31.9 Å². The maximum absolute atomic E-state index is 14.2. The van der Waals surface area contributed by atoms with Crippen LogP contribution in [0.4, 0.5) is 0 Å². The van der Waals surface area contributed by atoms with E-state index >= 15 is 0 Å². The predicted molar refractivity (Wildman–Crippen MR) is 173 cm³/mol. The minimum Gasteiger partial charge on any atom is -0.463 e. The van der Waals surface area contributed by atoms with Crippen molar-refractivity contribution < 1.29 is 23.4 Å². The Morgan fingerprint density at radius 3 is 2.68 bits per heavy atom. The van der Waals surface area contributed by atoms with Gasteiger partial charge in [-0.3, -0.25) is 9.36 Å². The van der Waals surface area contributed by atoms with Crippen LogP contribution in [0, 0.1) is 0 Å². The summed E-state index contributed by atoms with van der Waals surface area (Å²) < 4.78 is 26.6. The molecule has 2 aliphatic heterocycles. The van der Waals surface area contributed by atoms with Crippen molar-refractivity contribution in [2.45, 2.75) is 13.0 Å². The summed E-state index contributed by atoms with van der Waals surface area (Å²) in [7, 11) is 0. The summed E-state index contributed by atoms with van der Waals surface area (Å²) in [5.41, 5.74) is 2.65. The molecule has 0 amide bonds. The largest absolute Gasteiger partial charge is 0.463 e. The number of esters is 1. The molecule has 7 rings (SSSR count). The fourth-order valence-electron chi connectivity index (χ4n) is 5.23. The van der Waals surface area contributed by atoms with Gasteiger partial charge in [-0.05, 0) is 55.0 Å². The van der Waals surface area contributed by atoms with Crippen molar-refractivity contribution >= 4 is 60.9 Å². The lowest BCUT2D eigenvalue weighted by molar-refractivity contribution is -0.138. The fourth-order valence-corrected chi connectivity index (χ4v) is 7.01. The molecule has 44 heavy (non-hydrogen) atoms. The summed E-state index contributed by atoms with van der Waals surface area (Å²) in [6.45, 7) is 2.01. The van der Waals surface area contributed by atoms with Crippen molar-refractivity contribution in [3.8, 4) is 22.8 Å². The Bertz CT molecular complexity index is 2150. The number of hydrogen-bond acceptors (Lipinski definition) is 8. The predicted octanol–water partition coefficient (Wildman–Crippen LogP) is 6.45. The molecule has 2 aromatic heterocycles. The highest BCUT2D eigenvalue weighted by Gasteiger charge is 2.36. The Balaban J connectivity index is 1.43. The van der Waals surface area contributed by atoms with Crippen LogP contribution >= 0.6 is 43.2 Å². The average Bonchev–Trinajstić information content (AvgIpc) is 3.77. The van der Waals surface area contributed by atoms with E-state index < -0.39 is 12.0 Å². The number of carbonyl (C=O) groups excluding carboxylic acids is 1. The number of ether oxygens (including phenoxy) is 3. The lowest BCUT2D eigenvalue weighted by atomic mass is 9.93. The monoisotopic (exact) mass is 732 g/mol. The molecule has 0 aliphatic carbocycles. The maximum atomic E-state index is 14.2. The van der Waals surface area contributed by atoms with Crippen LogP contribution in [0.15, 0.2) is 108 Å². The number of halogens is 2. The molecule has 220 valence electrons. The van der Waals surface area contributed by atoms with Gasteiger partial charge in [-0.2, -0.15) is 0 Å². The standard InChI is InChI=1S/C33H22Br2N2O6S/c1-2-40-32(39)28-29(18-6-4-3-5-7-18)36-33-37(30(28)19-8-12-25-26(14-19)42-17-41-25)31(38)27(44-33)16-21-10-13-24(43-21)22-15-20(34)9-11-23(22)35/h3-16,30H,2,17H2,1H3/b27-16+/t30-/m0/s1. The van der Waals surface area contributed by atoms with Gasteiger partial charge in [0.05, 0.1) is 28.5 Å². The number of fused-ring (bicyclic) bond motifs is 2. The normalized spacial score (nSPS) is 15.7. The molecule has 0 fully saturated rings. The van der Waals surface area contributed by atoms with Crippen molar-refractivity contribution in [2.75, 3.05) is 13.4 Å². The topological polar surface area (TPSA) is 92.3 Å². The summed E-state index contributed by atoms with van der Waals surface area (Å²) in [6.07, 6.45) is 1.70. The van der Waals surface area contributed by atoms with Gasteiger partial charge in [0.15, 0.2) is 16.3 Å². The third-order valence-corrected chi connectivity index (χ3v) is 9.35. The van der Waals surface area contributed by atoms with Gasteiger partial charge >= 0.3 is 5.97 Å². The number of carbonyl (C=O) groups is 1. The van der Waals surface area contributed by atoms with Gasteiger partial charge in [-0.15, -0.1) is 0 Å². The molecule has 2 aliphatic rings. The van der Waals surface area contributed by atoms with Gasteiger partial charge in [0.1, 0.15) is 11.5 Å². The van der Waals surface area contributed by atoms with Crippen LogP contribution in [-0.2, 0) is 9.53 Å². The van der Waals surface area contributed by atoms with E-state index in [1.165, 1.54) is 11.3 Å². The number of benzene rings is 3. The van der Waals surface area contributed by atoms with Gasteiger partial charge < -0.3 is 18.6 Å². The van der Waals surface area contributed by atoms with Crippen LogP contribution in [0.1, 0.15) is 29.9 Å². The first-order chi connectivity index (χ1) is 21.4. The zero-order chi connectivity index (χ0) is 30.4. The van der Waals surface area contributed by atoms with Gasteiger partial charge in [0.2, 0.25) is 6.79 Å². The fraction of sp³-hybridized carbons (Fsp3) is 0.121. The lowest BCUT2D eigenvalue weighted by Gasteiger charge is -2.26. The number of aromatic nitrogens is 1. The zero-order valence-electron chi connectivity index (χ0n) is 23.1. The highest BCUT2D eigenvalue weighted by Crippen LogP contribution is 2.40. The first kappa shape index (κ1) is 28.6. The SMILES string of the molecule is CCOC(=O)C1=C(c2ccccc2)N=c2s/c(=C/c3ccc(-c4cc(Br)ccc4Br)o3)c(=O)n2[C@H]1c1ccc2c(c1)OCO2. The van der Waals surface area contributed by atoms with Crippen molar-refractivity contribution in [3.63, 3.8) is 0 Å². The molecule has 3 aromatic carbocycles. The summed E-state index contributed by atoms with van der Waals surface area (Å²) in [5, 5.41) is 0. The number of rotatable bonds is 6. The summed E-state index contributed by atoms with van der Waals surface area (Å²) in [6, 6.07) is 23.5. The maximum Gasteiger partial charge on any atom is 0.338 e. The molecule has 0 spiro atoms. The molecule has 0 unspecified atom stereocenters. The molecule has 0 saturated carbocycles. The van der Waals surface area contributed by atoms with Crippen molar-refractivity contribution in [2.24, 2.45) is 4.99 Å². The summed E-state index contributed by atoms with van der Waals surface area (Å²) in [5.74, 6) is 1.73. The Morgan fingerprint density at radius 2 is 1.86 bits per heavy atom. The molecule has 0 saturated heterocycles. The first-order valence-corrected chi connectivity index (χ1v) is 16.0. The Morgan fingerprint density at radius 1 is 1.05 bits per heavy atom. The number of thiazole rings is 1. The third kappa shape index (κ3) is 5.14. The van der Waals surface area contributed by atoms with E-state index in [0.717, 1.165) is 20.1 Å². The van der Waals surface area contributed by atoms with E-state index in [1.54, 1.807) is 29.7 Å². The van der Waals surface area contributed by atoms with Gasteiger partial charge in [0, 0.05) is 26.1 Å². The Labute approximate surface area is 271 Å². The van der Waals surface area contributed by atoms with Crippen LogP contribution < -0.4 is 24.4 Å². The molecule has 4 heterocycles. The van der Waals surface area contributed by atoms with E-state index in [-0.39, 0.29) is 24.5 Å². The molecule has 0 radical (unpaired) electrons. The molecule has 0 N–H and O–H groups in total. The van der Waals surface area contributed by atoms with Gasteiger partial charge in [-0.25, -0.2) is 9.79 Å². The molecule has 1 atom stereocenters. The lowest BCUT2D eigenvalue weighted by Crippen LogP contribution is -2.40. The molecule has 0 bridgehead atoms. The molecular formula is C33H22Br2N2O6S. The van der Waals surface area contributed by atoms with Crippen LogP contribution in [0.25, 0.3) is 23.1 Å². The third-order valence-electron chi connectivity index (χ3n) is 7.18. The second-order valence-corrected chi connectivity index (χ2v) is 12.6. The van der Waals surface area contributed by atoms with E-state index in [1.807, 2.05) is 66.7 Å². The average molecular weight is 734 g/mol. The van der Waals surface area contributed by atoms with Crippen LogP contribution in [-0.4, -0.2) is 23.9 Å². The zero-order valence-corrected chi connectivity index (χ0v) is 27.1. The second-order valence-electron chi connectivity index (χ2n) is 9.87. The molecule has 5 aromatic rings. The van der Waals surface area contributed by atoms with E-state index in [9.17, 15) is 9.59 Å². The number of hydrogen-bond donors (Lipinski definition) is 0. The molecule has 8 nitrogen and oxygen atoms in total. The Hall–Kier alpha value is -4.19. The van der Waals surface area contributed by atoms with Crippen LogP contribution in [0.5, 0.6) is 11.5 Å². The number of nitrogens with zero attached hydrogens (tertiary/aromatic N) is 2. The quantitative estimate of drug-likeness (QED) is 0.187. The number of furan rings is 1. The summed E-state index contributed by atoms with van der Waals surface area (Å²) in [4.78, 5) is 33.2.